The highest BCUT2D eigenvalue weighted by Crippen LogP contribution is 2.19. The number of nitrogens with one attached hydrogen (secondary N) is 1. The van der Waals surface area contributed by atoms with Crippen molar-refractivity contribution in [2.45, 2.75) is 50.7 Å². The predicted octanol–water partition coefficient (Wildman–Crippen LogP) is 1.03. The van der Waals surface area contributed by atoms with Gasteiger partial charge in [-0.2, -0.15) is 5.10 Å². The van der Waals surface area contributed by atoms with E-state index in [0.29, 0.717) is 19.1 Å². The highest BCUT2D eigenvalue weighted by atomic mass is 16.5. The summed E-state index contributed by atoms with van der Waals surface area (Å²) in [4.78, 5) is 14.6. The van der Waals surface area contributed by atoms with Gasteiger partial charge in [-0.05, 0) is 38.4 Å². The van der Waals surface area contributed by atoms with Gasteiger partial charge >= 0.3 is 0 Å². The smallest absolute Gasteiger partial charge is 0.220 e. The summed E-state index contributed by atoms with van der Waals surface area (Å²) in [6.07, 6.45) is 8.91. The number of hydrogen-bond donors (Lipinski definition) is 1. The van der Waals surface area contributed by atoms with Crippen LogP contribution in [0.25, 0.3) is 0 Å². The molecule has 0 bridgehead atoms. The summed E-state index contributed by atoms with van der Waals surface area (Å²) < 4.78 is 7.48. The fraction of sp³-hybridized carbons (Fsp3) is 0.750. The largest absolute Gasteiger partial charge is 0.378 e. The van der Waals surface area contributed by atoms with Crippen LogP contribution in [0.15, 0.2) is 18.5 Å². The Morgan fingerprint density at radius 2 is 2.14 bits per heavy atom. The lowest BCUT2D eigenvalue weighted by molar-refractivity contribution is -0.122. The van der Waals surface area contributed by atoms with Crippen LogP contribution in [0.3, 0.4) is 0 Å². The lowest BCUT2D eigenvalue weighted by Gasteiger charge is -2.34. The number of amides is 1. The van der Waals surface area contributed by atoms with Crippen LogP contribution in [-0.4, -0.2) is 59.0 Å². The minimum Gasteiger partial charge on any atom is -0.378 e. The molecule has 2 aliphatic rings. The van der Waals surface area contributed by atoms with Crippen molar-refractivity contribution < 1.29 is 9.53 Å². The number of hydrogen-bond acceptors (Lipinski definition) is 4. The predicted molar refractivity (Wildman–Crippen MR) is 83.4 cm³/mol. The molecule has 1 amide bonds. The van der Waals surface area contributed by atoms with Crippen LogP contribution in [0.5, 0.6) is 0 Å². The minimum atomic E-state index is 0.129. The molecule has 1 N–H and O–H groups in total. The Hall–Kier alpha value is -1.40. The van der Waals surface area contributed by atoms with Crippen LogP contribution in [0, 0.1) is 0 Å². The summed E-state index contributed by atoms with van der Waals surface area (Å²) in [5.74, 6) is 0.129. The van der Waals surface area contributed by atoms with E-state index in [4.69, 9.17) is 4.74 Å². The molecule has 1 aromatic rings. The molecule has 2 atom stereocenters. The van der Waals surface area contributed by atoms with Gasteiger partial charge in [0.05, 0.1) is 25.3 Å². The van der Waals surface area contributed by atoms with Crippen molar-refractivity contribution in [1.29, 1.82) is 0 Å². The van der Waals surface area contributed by atoms with Gasteiger partial charge in [-0.25, -0.2) is 0 Å². The van der Waals surface area contributed by atoms with Crippen LogP contribution >= 0.6 is 0 Å². The quantitative estimate of drug-likeness (QED) is 0.853. The van der Waals surface area contributed by atoms with Crippen molar-refractivity contribution in [3.8, 4) is 0 Å². The van der Waals surface area contributed by atoms with E-state index in [1.54, 1.807) is 6.20 Å². The molecule has 3 rings (SSSR count). The molecule has 3 heterocycles. The number of rotatable bonds is 6. The molecule has 0 saturated carbocycles. The summed E-state index contributed by atoms with van der Waals surface area (Å²) in [5.41, 5.74) is 0. The van der Waals surface area contributed by atoms with Crippen LogP contribution in [-0.2, 0) is 16.1 Å². The van der Waals surface area contributed by atoms with Crippen molar-refractivity contribution in [2.75, 3.05) is 26.3 Å². The summed E-state index contributed by atoms with van der Waals surface area (Å²) >= 11 is 0. The van der Waals surface area contributed by atoms with E-state index < -0.39 is 0 Å². The average Bonchev–Trinajstić information content (AvgIpc) is 3.20. The standard InChI is InChI=1S/C16H26N4O2/c21-16(6-4-10-20-11-5-7-17-20)18-14-12-22-13-15(14)19-8-2-1-3-9-19/h5,7,11,14-15H,1-4,6,8-10,12-13H2,(H,18,21). The lowest BCUT2D eigenvalue weighted by Crippen LogP contribution is -2.52. The van der Waals surface area contributed by atoms with Gasteiger partial charge in [-0.15, -0.1) is 0 Å². The number of nitrogens with zero attached hydrogens (tertiary/aromatic N) is 3. The maximum Gasteiger partial charge on any atom is 0.220 e. The van der Waals surface area contributed by atoms with Crippen molar-refractivity contribution in [1.82, 2.24) is 20.0 Å². The summed E-state index contributed by atoms with van der Waals surface area (Å²) in [6.45, 7) is 4.46. The summed E-state index contributed by atoms with van der Waals surface area (Å²) in [7, 11) is 0. The van der Waals surface area contributed by atoms with Gasteiger partial charge in [-0.3, -0.25) is 14.4 Å². The second-order valence-electron chi connectivity index (χ2n) is 6.25. The van der Waals surface area contributed by atoms with Crippen LogP contribution in [0.1, 0.15) is 32.1 Å². The fourth-order valence-corrected chi connectivity index (χ4v) is 3.40. The van der Waals surface area contributed by atoms with Crippen LogP contribution in [0.4, 0.5) is 0 Å². The Morgan fingerprint density at radius 1 is 1.27 bits per heavy atom. The third-order valence-corrected chi connectivity index (χ3v) is 4.61. The van der Waals surface area contributed by atoms with E-state index >= 15 is 0 Å². The second-order valence-corrected chi connectivity index (χ2v) is 6.25. The molecule has 6 heteroatoms. The molecular weight excluding hydrogens is 280 g/mol. The molecule has 2 saturated heterocycles. The number of piperidine rings is 1. The molecule has 2 unspecified atom stereocenters. The Labute approximate surface area is 131 Å². The molecule has 22 heavy (non-hydrogen) atoms. The number of likely N-dealkylation sites (tertiary alicyclic amines) is 1. The number of aromatic nitrogens is 2. The van der Waals surface area contributed by atoms with E-state index in [1.807, 2.05) is 16.9 Å². The van der Waals surface area contributed by atoms with Crippen molar-refractivity contribution in [3.05, 3.63) is 18.5 Å². The topological polar surface area (TPSA) is 59.4 Å². The molecule has 6 nitrogen and oxygen atoms in total. The van der Waals surface area contributed by atoms with Gasteiger partial charge in [0.2, 0.25) is 5.91 Å². The minimum absolute atomic E-state index is 0.129. The van der Waals surface area contributed by atoms with E-state index in [-0.39, 0.29) is 11.9 Å². The fourth-order valence-electron chi connectivity index (χ4n) is 3.40. The van der Waals surface area contributed by atoms with Crippen molar-refractivity contribution in [3.63, 3.8) is 0 Å². The second kappa shape index (κ2) is 7.74. The number of carbonyl (C=O) groups excluding carboxylic acids is 1. The first-order valence-corrected chi connectivity index (χ1v) is 8.41. The van der Waals surface area contributed by atoms with Gasteiger partial charge in [0.25, 0.3) is 0 Å². The highest BCUT2D eigenvalue weighted by molar-refractivity contribution is 5.76. The molecule has 2 fully saturated rings. The zero-order valence-corrected chi connectivity index (χ0v) is 13.1. The number of aryl methyl sites for hydroxylation is 1. The van der Waals surface area contributed by atoms with Crippen LogP contribution < -0.4 is 5.32 Å². The zero-order chi connectivity index (χ0) is 15.2. The van der Waals surface area contributed by atoms with Crippen molar-refractivity contribution in [2.24, 2.45) is 0 Å². The molecule has 0 aromatic carbocycles. The van der Waals surface area contributed by atoms with E-state index in [1.165, 1.54) is 19.3 Å². The monoisotopic (exact) mass is 306 g/mol. The zero-order valence-electron chi connectivity index (χ0n) is 13.1. The number of ether oxygens (including phenoxy) is 1. The Morgan fingerprint density at radius 3 is 2.91 bits per heavy atom. The van der Waals surface area contributed by atoms with Gasteiger partial charge in [0, 0.05) is 25.4 Å². The van der Waals surface area contributed by atoms with Gasteiger partial charge in [0.1, 0.15) is 0 Å². The van der Waals surface area contributed by atoms with E-state index in [0.717, 1.165) is 32.7 Å². The molecule has 0 radical (unpaired) electrons. The lowest BCUT2D eigenvalue weighted by atomic mass is 10.0. The van der Waals surface area contributed by atoms with Crippen molar-refractivity contribution >= 4 is 5.91 Å². The Bertz CT molecular complexity index is 457. The van der Waals surface area contributed by atoms with Gasteiger partial charge in [-0.1, -0.05) is 6.42 Å². The normalized spacial score (nSPS) is 26.2. The Kier molecular flexibility index (Phi) is 5.45. The summed E-state index contributed by atoms with van der Waals surface area (Å²) in [6, 6.07) is 2.41. The van der Waals surface area contributed by atoms with Crippen LogP contribution in [0.2, 0.25) is 0 Å². The first kappa shape index (κ1) is 15.5. The first-order valence-electron chi connectivity index (χ1n) is 8.41. The molecule has 0 aliphatic carbocycles. The van der Waals surface area contributed by atoms with Gasteiger partial charge < -0.3 is 10.1 Å². The molecule has 1 aromatic heterocycles. The maximum atomic E-state index is 12.1. The Balaban J connectivity index is 1.41. The number of carbonyl (C=O) groups is 1. The third-order valence-electron chi connectivity index (χ3n) is 4.61. The SMILES string of the molecule is O=C(CCCn1cccn1)NC1COCC1N1CCCCC1. The summed E-state index contributed by atoms with van der Waals surface area (Å²) in [5, 5.41) is 7.32. The van der Waals surface area contributed by atoms with E-state index in [9.17, 15) is 4.79 Å². The highest BCUT2D eigenvalue weighted by Gasteiger charge is 2.34. The molecule has 0 spiro atoms. The average molecular weight is 306 g/mol. The first-order chi connectivity index (χ1) is 10.8. The molecular formula is C16H26N4O2. The molecule has 122 valence electrons. The maximum absolute atomic E-state index is 12.1. The third kappa shape index (κ3) is 4.08. The molecule has 2 aliphatic heterocycles. The van der Waals surface area contributed by atoms with E-state index in [2.05, 4.69) is 15.3 Å². The van der Waals surface area contributed by atoms with Gasteiger partial charge in [0.15, 0.2) is 0 Å².